The molecule has 2 amide bonds. The molecule has 0 aliphatic carbocycles. The molecule has 3 aromatic rings. The molecule has 1 aromatic heterocycles. The summed E-state index contributed by atoms with van der Waals surface area (Å²) in [6.07, 6.45) is 0. The summed E-state index contributed by atoms with van der Waals surface area (Å²) in [6, 6.07) is 18.5. The summed E-state index contributed by atoms with van der Waals surface area (Å²) < 4.78 is 10.8. The summed E-state index contributed by atoms with van der Waals surface area (Å²) in [4.78, 5) is 28.0. The normalized spacial score (nSPS) is 14.9. The largest absolute Gasteiger partial charge is 0.497 e. The van der Waals surface area contributed by atoms with Crippen LogP contribution < -0.4 is 15.4 Å². The SMILES string of the molecule is COc1ccc(C(CNC(=O)c2ccc(NC(=O)c3cccs3)cc2)N2CCOCC2)cc1. The number of hydrogen-bond acceptors (Lipinski definition) is 6. The van der Waals surface area contributed by atoms with E-state index in [1.165, 1.54) is 11.3 Å². The predicted octanol–water partition coefficient (Wildman–Crippen LogP) is 3.81. The number of benzene rings is 2. The molecule has 1 aliphatic heterocycles. The van der Waals surface area contributed by atoms with Gasteiger partial charge in [0, 0.05) is 30.9 Å². The number of rotatable bonds is 8. The zero-order valence-electron chi connectivity index (χ0n) is 18.5. The van der Waals surface area contributed by atoms with Gasteiger partial charge in [-0.05, 0) is 53.4 Å². The van der Waals surface area contributed by atoms with Crippen molar-refractivity contribution in [1.82, 2.24) is 10.2 Å². The van der Waals surface area contributed by atoms with Gasteiger partial charge < -0.3 is 20.1 Å². The van der Waals surface area contributed by atoms with Gasteiger partial charge in [-0.25, -0.2) is 0 Å². The molecule has 0 radical (unpaired) electrons. The molecule has 1 fully saturated rings. The molecule has 8 heteroatoms. The van der Waals surface area contributed by atoms with Crippen molar-refractivity contribution in [2.75, 3.05) is 45.3 Å². The predicted molar refractivity (Wildman–Crippen MR) is 129 cm³/mol. The summed E-state index contributed by atoms with van der Waals surface area (Å²) in [5, 5.41) is 7.77. The van der Waals surface area contributed by atoms with E-state index < -0.39 is 0 Å². The molecule has 2 aromatic carbocycles. The first-order valence-electron chi connectivity index (χ1n) is 10.8. The van der Waals surface area contributed by atoms with Crippen molar-refractivity contribution in [2.24, 2.45) is 0 Å². The monoisotopic (exact) mass is 465 g/mol. The fraction of sp³-hybridized carbons (Fsp3) is 0.280. The summed E-state index contributed by atoms with van der Waals surface area (Å²) >= 11 is 1.38. The average Bonchev–Trinajstić information content (AvgIpc) is 3.41. The topological polar surface area (TPSA) is 79.9 Å². The quantitative estimate of drug-likeness (QED) is 0.529. The van der Waals surface area contributed by atoms with Crippen LogP contribution in [0.1, 0.15) is 31.6 Å². The molecular formula is C25H27N3O4S. The molecule has 4 rings (SSSR count). The highest BCUT2D eigenvalue weighted by Gasteiger charge is 2.23. The average molecular weight is 466 g/mol. The van der Waals surface area contributed by atoms with Gasteiger partial charge in [0.25, 0.3) is 11.8 Å². The Hall–Kier alpha value is -3.20. The van der Waals surface area contributed by atoms with Gasteiger partial charge in [-0.3, -0.25) is 14.5 Å². The molecule has 0 saturated carbocycles. The van der Waals surface area contributed by atoms with E-state index in [0.717, 1.165) is 24.4 Å². The third kappa shape index (κ3) is 5.98. The Labute approximate surface area is 197 Å². The number of ether oxygens (including phenoxy) is 2. The van der Waals surface area contributed by atoms with E-state index in [0.29, 0.717) is 35.9 Å². The second-order valence-electron chi connectivity index (χ2n) is 7.66. The number of amides is 2. The van der Waals surface area contributed by atoms with Crippen molar-refractivity contribution in [1.29, 1.82) is 0 Å². The zero-order valence-corrected chi connectivity index (χ0v) is 19.3. The van der Waals surface area contributed by atoms with E-state index in [9.17, 15) is 9.59 Å². The fourth-order valence-electron chi connectivity index (χ4n) is 3.77. The summed E-state index contributed by atoms with van der Waals surface area (Å²) in [5.41, 5.74) is 2.30. The van der Waals surface area contributed by atoms with Crippen LogP contribution in [0.25, 0.3) is 0 Å². The Morgan fingerprint density at radius 1 is 1.03 bits per heavy atom. The Kier molecular flexibility index (Phi) is 7.72. The molecule has 1 aliphatic rings. The van der Waals surface area contributed by atoms with Gasteiger partial charge in [0.15, 0.2) is 0 Å². The highest BCUT2D eigenvalue weighted by Crippen LogP contribution is 2.24. The molecule has 1 unspecified atom stereocenters. The van der Waals surface area contributed by atoms with Crippen molar-refractivity contribution >= 4 is 28.8 Å². The van der Waals surface area contributed by atoms with Gasteiger partial charge in [0.1, 0.15) is 5.75 Å². The van der Waals surface area contributed by atoms with Crippen LogP contribution in [-0.4, -0.2) is 56.7 Å². The number of carbonyl (C=O) groups excluding carboxylic acids is 2. The summed E-state index contributed by atoms with van der Waals surface area (Å²) in [7, 11) is 1.65. The maximum Gasteiger partial charge on any atom is 0.265 e. The number of carbonyl (C=O) groups is 2. The number of morpholine rings is 1. The second kappa shape index (κ2) is 11.1. The van der Waals surface area contributed by atoms with Gasteiger partial charge in [-0.15, -0.1) is 11.3 Å². The van der Waals surface area contributed by atoms with Crippen LogP contribution in [0.3, 0.4) is 0 Å². The minimum Gasteiger partial charge on any atom is -0.497 e. The van der Waals surface area contributed by atoms with Crippen LogP contribution in [0.2, 0.25) is 0 Å². The van der Waals surface area contributed by atoms with Crippen molar-refractivity contribution in [3.8, 4) is 5.75 Å². The highest BCUT2D eigenvalue weighted by molar-refractivity contribution is 7.12. The lowest BCUT2D eigenvalue weighted by atomic mass is 10.0. The van der Waals surface area contributed by atoms with E-state index in [1.807, 2.05) is 35.7 Å². The molecule has 0 spiro atoms. The lowest BCUT2D eigenvalue weighted by Gasteiger charge is -2.35. The zero-order chi connectivity index (χ0) is 23.0. The molecule has 33 heavy (non-hydrogen) atoms. The Balaban J connectivity index is 1.39. The number of anilines is 1. The van der Waals surface area contributed by atoms with Crippen molar-refractivity contribution in [3.05, 3.63) is 82.0 Å². The molecule has 7 nitrogen and oxygen atoms in total. The minimum absolute atomic E-state index is 0.0353. The third-order valence-corrected chi connectivity index (χ3v) is 6.46. The van der Waals surface area contributed by atoms with Crippen LogP contribution in [0.15, 0.2) is 66.0 Å². The smallest absolute Gasteiger partial charge is 0.265 e. The van der Waals surface area contributed by atoms with Gasteiger partial charge in [-0.2, -0.15) is 0 Å². The molecule has 0 bridgehead atoms. The van der Waals surface area contributed by atoms with Crippen molar-refractivity contribution in [2.45, 2.75) is 6.04 Å². The van der Waals surface area contributed by atoms with E-state index in [4.69, 9.17) is 9.47 Å². The molecular weight excluding hydrogens is 438 g/mol. The Morgan fingerprint density at radius 2 is 1.76 bits per heavy atom. The Morgan fingerprint density at radius 3 is 2.39 bits per heavy atom. The lowest BCUT2D eigenvalue weighted by molar-refractivity contribution is 0.0162. The third-order valence-electron chi connectivity index (χ3n) is 5.59. The van der Waals surface area contributed by atoms with Crippen LogP contribution in [0, 0.1) is 0 Å². The number of hydrogen-bond donors (Lipinski definition) is 2. The molecule has 1 atom stereocenters. The van der Waals surface area contributed by atoms with Crippen molar-refractivity contribution < 1.29 is 19.1 Å². The molecule has 1 saturated heterocycles. The number of nitrogens with zero attached hydrogens (tertiary/aromatic N) is 1. The standard InChI is InChI=1S/C25H27N3O4S/c1-31-21-10-6-18(7-11-21)22(28-12-14-32-15-13-28)17-26-24(29)19-4-8-20(9-5-19)27-25(30)23-3-2-16-33-23/h2-11,16,22H,12-15,17H2,1H3,(H,26,29)(H,27,30). The number of methoxy groups -OCH3 is 1. The maximum atomic E-state index is 12.8. The molecule has 172 valence electrons. The van der Waals surface area contributed by atoms with E-state index in [-0.39, 0.29) is 17.9 Å². The number of nitrogens with one attached hydrogen (secondary N) is 2. The van der Waals surface area contributed by atoms with Gasteiger partial charge in [0.05, 0.1) is 31.2 Å². The first-order chi connectivity index (χ1) is 16.1. The van der Waals surface area contributed by atoms with Crippen LogP contribution in [0.4, 0.5) is 5.69 Å². The first-order valence-corrected chi connectivity index (χ1v) is 11.7. The highest BCUT2D eigenvalue weighted by atomic mass is 32.1. The van der Waals surface area contributed by atoms with Crippen LogP contribution >= 0.6 is 11.3 Å². The van der Waals surface area contributed by atoms with Crippen molar-refractivity contribution in [3.63, 3.8) is 0 Å². The second-order valence-corrected chi connectivity index (χ2v) is 8.60. The number of thiophene rings is 1. The maximum absolute atomic E-state index is 12.8. The lowest BCUT2D eigenvalue weighted by Crippen LogP contribution is -2.43. The van der Waals surface area contributed by atoms with E-state index >= 15 is 0 Å². The van der Waals surface area contributed by atoms with Crippen LogP contribution in [0.5, 0.6) is 5.75 Å². The minimum atomic E-state index is -0.157. The van der Waals surface area contributed by atoms with E-state index in [1.54, 1.807) is 37.4 Å². The molecule has 2 heterocycles. The van der Waals surface area contributed by atoms with Gasteiger partial charge >= 0.3 is 0 Å². The fourth-order valence-corrected chi connectivity index (χ4v) is 4.39. The van der Waals surface area contributed by atoms with E-state index in [2.05, 4.69) is 15.5 Å². The Bertz CT molecular complexity index is 1050. The van der Waals surface area contributed by atoms with Gasteiger partial charge in [-0.1, -0.05) is 18.2 Å². The van der Waals surface area contributed by atoms with Crippen LogP contribution in [-0.2, 0) is 4.74 Å². The first kappa shape index (κ1) is 23.0. The van der Waals surface area contributed by atoms with Gasteiger partial charge in [0.2, 0.25) is 0 Å². The summed E-state index contributed by atoms with van der Waals surface area (Å²) in [6.45, 7) is 3.46. The molecule has 2 N–H and O–H groups in total. The summed E-state index contributed by atoms with van der Waals surface area (Å²) in [5.74, 6) is 0.489.